The molecular formula is C16H26O2S2. The van der Waals surface area contributed by atoms with E-state index >= 15 is 0 Å². The Balaban J connectivity index is 2.09. The van der Waals surface area contributed by atoms with Crippen molar-refractivity contribution in [3.63, 3.8) is 0 Å². The first-order valence-corrected chi connectivity index (χ1v) is 10.3. The van der Waals surface area contributed by atoms with Crippen molar-refractivity contribution in [1.29, 1.82) is 0 Å². The number of sulfone groups is 1. The standard InChI is InChI=1S/C16H26O2S2/c1-2-3-4-5-6-10-13-19-14-15-20(17,18)16-11-8-7-9-12-16/h7-9,11-12H,2-6,10,13-15H2,1H3. The largest absolute Gasteiger partial charge is 0.224 e. The highest BCUT2D eigenvalue weighted by Gasteiger charge is 2.12. The molecule has 0 atom stereocenters. The van der Waals surface area contributed by atoms with Gasteiger partial charge in [-0.3, -0.25) is 0 Å². The van der Waals surface area contributed by atoms with E-state index in [-0.39, 0.29) is 5.75 Å². The van der Waals surface area contributed by atoms with E-state index < -0.39 is 9.84 Å². The van der Waals surface area contributed by atoms with Gasteiger partial charge in [0.1, 0.15) is 0 Å². The molecule has 0 aliphatic carbocycles. The lowest BCUT2D eigenvalue weighted by Gasteiger charge is -2.04. The van der Waals surface area contributed by atoms with Crippen LogP contribution in [0.3, 0.4) is 0 Å². The topological polar surface area (TPSA) is 34.1 Å². The molecule has 4 heteroatoms. The molecule has 1 aromatic carbocycles. The van der Waals surface area contributed by atoms with Gasteiger partial charge < -0.3 is 0 Å². The molecule has 0 radical (unpaired) electrons. The van der Waals surface area contributed by atoms with Crippen LogP contribution in [0.25, 0.3) is 0 Å². The molecule has 1 rings (SSSR count). The Morgan fingerprint density at radius 1 is 0.900 bits per heavy atom. The van der Waals surface area contributed by atoms with Crippen molar-refractivity contribution in [3.05, 3.63) is 30.3 Å². The Bertz CT molecular complexity index is 441. The van der Waals surface area contributed by atoms with E-state index in [4.69, 9.17) is 0 Å². The quantitative estimate of drug-likeness (QED) is 0.562. The third-order valence-electron chi connectivity index (χ3n) is 3.24. The second-order valence-corrected chi connectivity index (χ2v) is 8.35. The second-order valence-electron chi connectivity index (χ2n) is 5.01. The summed E-state index contributed by atoms with van der Waals surface area (Å²) < 4.78 is 24.1. The van der Waals surface area contributed by atoms with Crippen LogP contribution in [0, 0.1) is 0 Å². The van der Waals surface area contributed by atoms with Crippen molar-refractivity contribution < 1.29 is 8.42 Å². The van der Waals surface area contributed by atoms with Gasteiger partial charge in [-0.1, -0.05) is 57.2 Å². The lowest BCUT2D eigenvalue weighted by Crippen LogP contribution is -2.08. The summed E-state index contributed by atoms with van der Waals surface area (Å²) in [5.41, 5.74) is 0. The summed E-state index contributed by atoms with van der Waals surface area (Å²) in [6, 6.07) is 8.74. The Morgan fingerprint density at radius 2 is 1.55 bits per heavy atom. The monoisotopic (exact) mass is 314 g/mol. The SMILES string of the molecule is CCCCCCCCSCCS(=O)(=O)c1ccccc1. The maximum atomic E-state index is 12.0. The van der Waals surface area contributed by atoms with Gasteiger partial charge >= 0.3 is 0 Å². The highest BCUT2D eigenvalue weighted by molar-refractivity contribution is 8.00. The van der Waals surface area contributed by atoms with E-state index in [9.17, 15) is 8.42 Å². The number of hydrogen-bond acceptors (Lipinski definition) is 3. The summed E-state index contributed by atoms with van der Waals surface area (Å²) in [6.07, 6.45) is 7.76. The Labute approximate surface area is 128 Å². The molecule has 0 saturated carbocycles. The minimum Gasteiger partial charge on any atom is -0.224 e. The predicted octanol–water partition coefficient (Wildman–Crippen LogP) is 4.55. The van der Waals surface area contributed by atoms with Crippen LogP contribution >= 0.6 is 11.8 Å². The van der Waals surface area contributed by atoms with Gasteiger partial charge in [-0.05, 0) is 24.3 Å². The Hall–Kier alpha value is -0.480. The summed E-state index contributed by atoms with van der Waals surface area (Å²) in [7, 11) is -3.09. The maximum absolute atomic E-state index is 12.0. The molecule has 0 aromatic heterocycles. The fourth-order valence-electron chi connectivity index (χ4n) is 2.00. The number of unbranched alkanes of at least 4 members (excludes halogenated alkanes) is 5. The van der Waals surface area contributed by atoms with E-state index in [1.807, 2.05) is 6.07 Å². The van der Waals surface area contributed by atoms with Gasteiger partial charge in [0.15, 0.2) is 9.84 Å². The molecule has 0 bridgehead atoms. The zero-order valence-electron chi connectivity index (χ0n) is 12.4. The van der Waals surface area contributed by atoms with Crippen molar-refractivity contribution in [1.82, 2.24) is 0 Å². The molecule has 0 unspecified atom stereocenters. The van der Waals surface area contributed by atoms with Gasteiger partial charge in [0.05, 0.1) is 10.6 Å². The van der Waals surface area contributed by atoms with Crippen molar-refractivity contribution in [2.45, 2.75) is 50.3 Å². The molecular weight excluding hydrogens is 288 g/mol. The molecule has 0 aliphatic heterocycles. The molecule has 1 aromatic rings. The zero-order valence-corrected chi connectivity index (χ0v) is 14.0. The molecule has 0 spiro atoms. The highest BCUT2D eigenvalue weighted by Crippen LogP contribution is 2.14. The van der Waals surface area contributed by atoms with E-state index in [1.165, 1.54) is 38.5 Å². The predicted molar refractivity (Wildman–Crippen MR) is 89.2 cm³/mol. The van der Waals surface area contributed by atoms with Crippen LogP contribution in [0.4, 0.5) is 0 Å². The normalized spacial score (nSPS) is 11.7. The number of benzene rings is 1. The van der Waals surface area contributed by atoms with E-state index in [2.05, 4.69) is 6.92 Å². The lowest BCUT2D eigenvalue weighted by molar-refractivity contribution is 0.597. The zero-order chi connectivity index (χ0) is 14.7. The molecule has 0 N–H and O–H groups in total. The Kier molecular flexibility index (Phi) is 9.03. The molecule has 2 nitrogen and oxygen atoms in total. The second kappa shape index (κ2) is 10.3. The molecule has 20 heavy (non-hydrogen) atoms. The van der Waals surface area contributed by atoms with Crippen LogP contribution in [0.15, 0.2) is 35.2 Å². The number of thioether (sulfide) groups is 1. The third kappa shape index (κ3) is 7.34. The average Bonchev–Trinajstić information content (AvgIpc) is 2.46. The average molecular weight is 315 g/mol. The number of rotatable bonds is 11. The van der Waals surface area contributed by atoms with Crippen molar-refractivity contribution >= 4 is 21.6 Å². The minimum absolute atomic E-state index is 0.248. The van der Waals surface area contributed by atoms with Gasteiger partial charge in [-0.2, -0.15) is 11.8 Å². The smallest absolute Gasteiger partial charge is 0.179 e. The summed E-state index contributed by atoms with van der Waals surface area (Å²) in [5.74, 6) is 2.03. The van der Waals surface area contributed by atoms with Crippen molar-refractivity contribution in [3.8, 4) is 0 Å². The van der Waals surface area contributed by atoms with Crippen LogP contribution in [-0.2, 0) is 9.84 Å². The van der Waals surface area contributed by atoms with Crippen LogP contribution in [0.5, 0.6) is 0 Å². The van der Waals surface area contributed by atoms with Gasteiger partial charge in [0.25, 0.3) is 0 Å². The van der Waals surface area contributed by atoms with E-state index in [0.717, 1.165) is 5.75 Å². The van der Waals surface area contributed by atoms with E-state index in [1.54, 1.807) is 36.0 Å². The molecule has 0 aliphatic rings. The summed E-state index contributed by atoms with van der Waals surface area (Å²) in [4.78, 5) is 0.445. The Morgan fingerprint density at radius 3 is 2.25 bits per heavy atom. The van der Waals surface area contributed by atoms with Crippen molar-refractivity contribution in [2.24, 2.45) is 0 Å². The summed E-state index contributed by atoms with van der Waals surface area (Å²) >= 11 is 1.76. The fourth-order valence-corrected chi connectivity index (χ4v) is 4.77. The first-order valence-electron chi connectivity index (χ1n) is 7.52. The molecule has 0 saturated heterocycles. The third-order valence-corrected chi connectivity index (χ3v) is 6.30. The fraction of sp³-hybridized carbons (Fsp3) is 0.625. The van der Waals surface area contributed by atoms with Crippen LogP contribution in [0.1, 0.15) is 45.4 Å². The minimum atomic E-state index is -3.09. The van der Waals surface area contributed by atoms with Gasteiger partial charge in [-0.15, -0.1) is 0 Å². The van der Waals surface area contributed by atoms with Gasteiger partial charge in [0, 0.05) is 5.75 Å². The van der Waals surface area contributed by atoms with Crippen LogP contribution in [0.2, 0.25) is 0 Å². The highest BCUT2D eigenvalue weighted by atomic mass is 32.2. The summed E-state index contributed by atoms with van der Waals surface area (Å²) in [6.45, 7) is 2.23. The molecule has 0 fully saturated rings. The first-order chi connectivity index (χ1) is 9.67. The first kappa shape index (κ1) is 17.6. The number of hydrogen-bond donors (Lipinski definition) is 0. The summed E-state index contributed by atoms with van der Waals surface area (Å²) in [5, 5.41) is 0. The van der Waals surface area contributed by atoms with Crippen LogP contribution in [-0.4, -0.2) is 25.7 Å². The van der Waals surface area contributed by atoms with Crippen LogP contribution < -0.4 is 0 Å². The van der Waals surface area contributed by atoms with Gasteiger partial charge in [-0.25, -0.2) is 8.42 Å². The molecule has 0 amide bonds. The molecule has 114 valence electrons. The van der Waals surface area contributed by atoms with E-state index in [0.29, 0.717) is 10.6 Å². The maximum Gasteiger partial charge on any atom is 0.179 e. The molecule has 0 heterocycles. The lowest BCUT2D eigenvalue weighted by atomic mass is 10.1. The van der Waals surface area contributed by atoms with Crippen molar-refractivity contribution in [2.75, 3.05) is 17.3 Å². The van der Waals surface area contributed by atoms with Gasteiger partial charge in [0.2, 0.25) is 0 Å².